The fraction of sp³-hybridized carbons (Fsp3) is 0.333. The van der Waals surface area contributed by atoms with E-state index in [4.69, 9.17) is 21.1 Å². The lowest BCUT2D eigenvalue weighted by atomic mass is 10.0. The molecule has 0 aliphatic carbocycles. The second kappa shape index (κ2) is 5.73. The molecule has 114 valence electrons. The first-order chi connectivity index (χ1) is 10.8. The van der Waals surface area contributed by atoms with Crippen LogP contribution in [0.1, 0.15) is 22.9 Å². The normalized spacial score (nSPS) is 17.2. The summed E-state index contributed by atoms with van der Waals surface area (Å²) in [6.07, 6.45) is 2.34. The van der Waals surface area contributed by atoms with Crippen LogP contribution in [0, 0.1) is 0 Å². The molecule has 2 aliphatic heterocycles. The SMILES string of the molecule is ClC(CN1CCCc2ccccc21)c1ccc2c(c1)OCO2. The molecule has 0 aromatic heterocycles. The predicted molar refractivity (Wildman–Crippen MR) is 88.1 cm³/mol. The molecule has 3 nitrogen and oxygen atoms in total. The Balaban J connectivity index is 1.54. The Bertz CT molecular complexity index is 689. The van der Waals surface area contributed by atoms with Gasteiger partial charge in [0.05, 0.1) is 5.38 Å². The largest absolute Gasteiger partial charge is 0.454 e. The maximum atomic E-state index is 6.67. The number of ether oxygens (including phenoxy) is 2. The number of fused-ring (bicyclic) bond motifs is 2. The highest BCUT2D eigenvalue weighted by molar-refractivity contribution is 6.21. The smallest absolute Gasteiger partial charge is 0.231 e. The summed E-state index contributed by atoms with van der Waals surface area (Å²) in [6, 6.07) is 14.6. The molecule has 0 saturated carbocycles. The summed E-state index contributed by atoms with van der Waals surface area (Å²) in [5, 5.41) is -0.0688. The summed E-state index contributed by atoms with van der Waals surface area (Å²) in [5.41, 5.74) is 3.82. The van der Waals surface area contributed by atoms with Crippen LogP contribution in [0.25, 0.3) is 0 Å². The van der Waals surface area contributed by atoms with Crippen LogP contribution in [0.2, 0.25) is 0 Å². The number of alkyl halides is 1. The monoisotopic (exact) mass is 315 g/mol. The van der Waals surface area contributed by atoms with E-state index in [1.807, 2.05) is 18.2 Å². The third kappa shape index (κ3) is 2.50. The van der Waals surface area contributed by atoms with Gasteiger partial charge in [0.15, 0.2) is 11.5 Å². The molecule has 2 aromatic rings. The second-order valence-electron chi connectivity index (χ2n) is 5.76. The Labute approximate surface area is 135 Å². The van der Waals surface area contributed by atoms with Gasteiger partial charge in [-0.05, 0) is 42.2 Å². The maximum Gasteiger partial charge on any atom is 0.231 e. The maximum absolute atomic E-state index is 6.67. The lowest BCUT2D eigenvalue weighted by Crippen LogP contribution is -2.32. The van der Waals surface area contributed by atoms with Crippen LogP contribution in [0.4, 0.5) is 5.69 Å². The molecule has 22 heavy (non-hydrogen) atoms. The number of hydrogen-bond donors (Lipinski definition) is 0. The van der Waals surface area contributed by atoms with E-state index in [0.717, 1.165) is 36.6 Å². The van der Waals surface area contributed by atoms with Gasteiger partial charge in [0.1, 0.15) is 0 Å². The number of rotatable bonds is 3. The van der Waals surface area contributed by atoms with Crippen LogP contribution in [0.3, 0.4) is 0 Å². The first-order valence-corrected chi connectivity index (χ1v) is 8.11. The molecular formula is C18H18ClNO2. The molecule has 2 heterocycles. The summed E-state index contributed by atoms with van der Waals surface area (Å²) in [6.45, 7) is 2.16. The molecule has 4 rings (SSSR count). The van der Waals surface area contributed by atoms with Crippen molar-refractivity contribution in [1.82, 2.24) is 0 Å². The highest BCUT2D eigenvalue weighted by Gasteiger charge is 2.21. The lowest BCUT2D eigenvalue weighted by Gasteiger charge is -2.32. The highest BCUT2D eigenvalue weighted by atomic mass is 35.5. The quantitative estimate of drug-likeness (QED) is 0.794. The Morgan fingerprint density at radius 1 is 1.09 bits per heavy atom. The van der Waals surface area contributed by atoms with Crippen LogP contribution in [-0.2, 0) is 6.42 Å². The topological polar surface area (TPSA) is 21.7 Å². The molecule has 0 saturated heterocycles. The number of hydrogen-bond acceptors (Lipinski definition) is 3. The predicted octanol–water partition coefficient (Wildman–Crippen LogP) is 4.15. The number of nitrogens with zero attached hydrogens (tertiary/aromatic N) is 1. The van der Waals surface area contributed by atoms with Crippen molar-refractivity contribution in [3.8, 4) is 11.5 Å². The molecule has 0 spiro atoms. The zero-order chi connectivity index (χ0) is 14.9. The summed E-state index contributed by atoms with van der Waals surface area (Å²) < 4.78 is 10.8. The van der Waals surface area contributed by atoms with Gasteiger partial charge in [-0.2, -0.15) is 0 Å². The van der Waals surface area contributed by atoms with Gasteiger partial charge in [-0.3, -0.25) is 0 Å². The third-order valence-electron chi connectivity index (χ3n) is 4.35. The van der Waals surface area contributed by atoms with E-state index >= 15 is 0 Å². The first kappa shape index (κ1) is 13.8. The van der Waals surface area contributed by atoms with Gasteiger partial charge < -0.3 is 14.4 Å². The molecule has 1 atom stereocenters. The van der Waals surface area contributed by atoms with E-state index in [9.17, 15) is 0 Å². The number of anilines is 1. The fourth-order valence-corrected chi connectivity index (χ4v) is 3.51. The van der Waals surface area contributed by atoms with Gasteiger partial charge in [0.25, 0.3) is 0 Å². The molecule has 0 radical (unpaired) electrons. The van der Waals surface area contributed by atoms with Crippen molar-refractivity contribution in [1.29, 1.82) is 0 Å². The van der Waals surface area contributed by atoms with E-state index in [1.165, 1.54) is 17.7 Å². The van der Waals surface area contributed by atoms with Crippen molar-refractivity contribution < 1.29 is 9.47 Å². The number of para-hydroxylation sites is 1. The molecule has 1 unspecified atom stereocenters. The van der Waals surface area contributed by atoms with Crippen molar-refractivity contribution in [2.75, 3.05) is 24.8 Å². The minimum Gasteiger partial charge on any atom is -0.454 e. The molecular weight excluding hydrogens is 298 g/mol. The highest BCUT2D eigenvalue weighted by Crippen LogP contribution is 2.37. The summed E-state index contributed by atoms with van der Waals surface area (Å²) >= 11 is 6.67. The van der Waals surface area contributed by atoms with Crippen molar-refractivity contribution in [2.45, 2.75) is 18.2 Å². The Hall–Kier alpha value is -1.87. The summed E-state index contributed by atoms with van der Waals surface area (Å²) in [5.74, 6) is 1.60. The second-order valence-corrected chi connectivity index (χ2v) is 6.29. The van der Waals surface area contributed by atoms with Crippen LogP contribution >= 0.6 is 11.6 Å². The number of benzene rings is 2. The molecule has 4 heteroatoms. The minimum atomic E-state index is -0.0688. The van der Waals surface area contributed by atoms with E-state index in [0.29, 0.717) is 6.79 Å². The van der Waals surface area contributed by atoms with Crippen LogP contribution in [-0.4, -0.2) is 19.9 Å². The van der Waals surface area contributed by atoms with E-state index in [2.05, 4.69) is 29.2 Å². The molecule has 0 N–H and O–H groups in total. The Morgan fingerprint density at radius 2 is 1.95 bits per heavy atom. The fourth-order valence-electron chi connectivity index (χ4n) is 3.21. The Kier molecular flexibility index (Phi) is 3.59. The van der Waals surface area contributed by atoms with Crippen molar-refractivity contribution in [3.05, 3.63) is 53.6 Å². The average Bonchev–Trinajstić information content (AvgIpc) is 3.02. The average molecular weight is 316 g/mol. The van der Waals surface area contributed by atoms with Gasteiger partial charge in [0, 0.05) is 18.8 Å². The molecule has 0 amide bonds. The van der Waals surface area contributed by atoms with Crippen molar-refractivity contribution in [2.24, 2.45) is 0 Å². The molecule has 0 fully saturated rings. The van der Waals surface area contributed by atoms with Gasteiger partial charge in [-0.15, -0.1) is 11.6 Å². The standard InChI is InChI=1S/C18H18ClNO2/c19-15(14-7-8-17-18(10-14)22-12-21-17)11-20-9-3-5-13-4-1-2-6-16(13)20/h1-2,4,6-8,10,15H,3,5,9,11-12H2. The van der Waals surface area contributed by atoms with E-state index < -0.39 is 0 Å². The van der Waals surface area contributed by atoms with Crippen LogP contribution in [0.5, 0.6) is 11.5 Å². The molecule has 0 bridgehead atoms. The number of halogens is 1. The first-order valence-electron chi connectivity index (χ1n) is 7.68. The zero-order valence-electron chi connectivity index (χ0n) is 12.3. The molecule has 2 aliphatic rings. The van der Waals surface area contributed by atoms with Gasteiger partial charge in [-0.25, -0.2) is 0 Å². The summed E-state index contributed by atoms with van der Waals surface area (Å²) in [4.78, 5) is 2.39. The van der Waals surface area contributed by atoms with Gasteiger partial charge in [-0.1, -0.05) is 24.3 Å². The van der Waals surface area contributed by atoms with Gasteiger partial charge in [0.2, 0.25) is 6.79 Å². The Morgan fingerprint density at radius 3 is 2.91 bits per heavy atom. The van der Waals surface area contributed by atoms with Gasteiger partial charge >= 0.3 is 0 Å². The third-order valence-corrected chi connectivity index (χ3v) is 4.74. The van der Waals surface area contributed by atoms with Crippen LogP contribution < -0.4 is 14.4 Å². The summed E-state index contributed by atoms with van der Waals surface area (Å²) in [7, 11) is 0. The van der Waals surface area contributed by atoms with Crippen molar-refractivity contribution >= 4 is 17.3 Å². The van der Waals surface area contributed by atoms with E-state index in [-0.39, 0.29) is 5.38 Å². The lowest BCUT2D eigenvalue weighted by molar-refractivity contribution is 0.174. The number of aryl methyl sites for hydroxylation is 1. The zero-order valence-corrected chi connectivity index (χ0v) is 13.1. The van der Waals surface area contributed by atoms with Crippen LogP contribution in [0.15, 0.2) is 42.5 Å². The minimum absolute atomic E-state index is 0.0688. The molecule has 2 aromatic carbocycles. The van der Waals surface area contributed by atoms with Crippen molar-refractivity contribution in [3.63, 3.8) is 0 Å². The van der Waals surface area contributed by atoms with E-state index in [1.54, 1.807) is 0 Å².